The topological polar surface area (TPSA) is 8.17 Å². The Morgan fingerprint density at radius 2 is 0.810 bits per heavy atom. The fraction of sp³-hybridized carbons (Fsp3) is 0.143. The second-order valence-corrected chi connectivity index (χ2v) is 17.3. The van der Waals surface area contributed by atoms with E-state index in [1.54, 1.807) is 0 Å². The molecule has 1 aromatic heterocycles. The molecule has 0 saturated heterocycles. The van der Waals surface area contributed by atoms with Crippen molar-refractivity contribution in [1.29, 1.82) is 0 Å². The third-order valence-electron chi connectivity index (χ3n) is 12.7. The molecule has 282 valence electrons. The van der Waals surface area contributed by atoms with Gasteiger partial charge >= 0.3 is 0 Å². The van der Waals surface area contributed by atoms with E-state index in [4.69, 9.17) is 0 Å². The van der Waals surface area contributed by atoms with Gasteiger partial charge in [0.05, 0.1) is 11.0 Å². The van der Waals surface area contributed by atoms with E-state index in [0.717, 1.165) is 17.1 Å². The van der Waals surface area contributed by atoms with E-state index in [9.17, 15) is 0 Å². The predicted octanol–water partition coefficient (Wildman–Crippen LogP) is 15.6. The maximum Gasteiger partial charge on any atom is 0.0547 e. The maximum atomic E-state index is 2.48. The summed E-state index contributed by atoms with van der Waals surface area (Å²) in [4.78, 5) is 2.32. The molecule has 8 aromatic carbocycles. The summed E-state index contributed by atoms with van der Waals surface area (Å²) >= 11 is 0. The first-order valence-corrected chi connectivity index (χ1v) is 20.6. The van der Waals surface area contributed by atoms with Crippen LogP contribution in [-0.4, -0.2) is 4.57 Å². The molecule has 1 aliphatic rings. The molecular formula is C56H48N2. The summed E-state index contributed by atoms with van der Waals surface area (Å²) in [5, 5.41) is 2.57. The molecule has 0 atom stereocenters. The van der Waals surface area contributed by atoms with Crippen molar-refractivity contribution in [2.75, 3.05) is 4.90 Å². The highest BCUT2D eigenvalue weighted by Crippen LogP contribution is 2.47. The number of fused-ring (bicyclic) bond motifs is 4. The normalized spacial score (nSPS) is 14.3. The number of hydrogen-bond acceptors (Lipinski definition) is 1. The van der Waals surface area contributed by atoms with Crippen molar-refractivity contribution in [2.45, 2.75) is 51.4 Å². The lowest BCUT2D eigenvalue weighted by molar-refractivity contribution is 0.332. The Hall–Kier alpha value is -6.64. The number of aromatic nitrogens is 1. The standard InChI is InChI=1S/C56H48N2/c1-55(2)35-36-56(3,4)52-38-48(32-34-51(52)55)58-53-18-12-11-17-49(53)50-33-27-44(37-54(50)58)43-21-19-40(20-22-43)42-25-30-47(31-26-42)57(45-15-9-6-10-16-45)46-28-23-41(24-29-46)39-13-7-5-8-14-39/h5-34,37-38H,35-36H2,1-4H3. The average molecular weight is 749 g/mol. The quantitative estimate of drug-likeness (QED) is 0.158. The predicted molar refractivity (Wildman–Crippen MR) is 247 cm³/mol. The van der Waals surface area contributed by atoms with Gasteiger partial charge in [0, 0.05) is 33.5 Å². The van der Waals surface area contributed by atoms with E-state index < -0.39 is 0 Å². The Balaban J connectivity index is 0.972. The number of anilines is 3. The Kier molecular flexibility index (Phi) is 8.68. The van der Waals surface area contributed by atoms with Crippen LogP contribution in [0.1, 0.15) is 51.7 Å². The van der Waals surface area contributed by atoms with Gasteiger partial charge in [-0.1, -0.05) is 161 Å². The van der Waals surface area contributed by atoms with Gasteiger partial charge < -0.3 is 9.47 Å². The minimum absolute atomic E-state index is 0.142. The number of rotatable bonds is 7. The van der Waals surface area contributed by atoms with Gasteiger partial charge in [-0.2, -0.15) is 0 Å². The first-order valence-electron chi connectivity index (χ1n) is 20.6. The molecule has 0 aliphatic heterocycles. The number of hydrogen-bond donors (Lipinski definition) is 0. The minimum Gasteiger partial charge on any atom is -0.311 e. The van der Waals surface area contributed by atoms with Gasteiger partial charge in [-0.15, -0.1) is 0 Å². The lowest BCUT2D eigenvalue weighted by Gasteiger charge is -2.42. The van der Waals surface area contributed by atoms with Crippen molar-refractivity contribution in [3.8, 4) is 39.1 Å². The highest BCUT2D eigenvalue weighted by Gasteiger charge is 2.37. The van der Waals surface area contributed by atoms with E-state index in [2.05, 4.69) is 231 Å². The molecule has 0 N–H and O–H groups in total. The van der Waals surface area contributed by atoms with Crippen LogP contribution in [0.15, 0.2) is 194 Å². The summed E-state index contributed by atoms with van der Waals surface area (Å²) in [6, 6.07) is 71.1. The highest BCUT2D eigenvalue weighted by atomic mass is 15.1. The molecule has 1 aliphatic carbocycles. The van der Waals surface area contributed by atoms with E-state index >= 15 is 0 Å². The van der Waals surface area contributed by atoms with E-state index in [0.29, 0.717) is 0 Å². The minimum atomic E-state index is 0.142. The summed E-state index contributed by atoms with van der Waals surface area (Å²) in [5.41, 5.74) is 17.6. The fourth-order valence-corrected chi connectivity index (χ4v) is 9.26. The summed E-state index contributed by atoms with van der Waals surface area (Å²) in [7, 11) is 0. The largest absolute Gasteiger partial charge is 0.311 e. The van der Waals surface area contributed by atoms with Crippen LogP contribution in [0.2, 0.25) is 0 Å². The van der Waals surface area contributed by atoms with Crippen LogP contribution in [0.5, 0.6) is 0 Å². The van der Waals surface area contributed by atoms with Gasteiger partial charge in [-0.25, -0.2) is 0 Å². The molecule has 2 nitrogen and oxygen atoms in total. The van der Waals surface area contributed by atoms with Crippen molar-refractivity contribution < 1.29 is 0 Å². The van der Waals surface area contributed by atoms with Crippen LogP contribution in [0, 0.1) is 0 Å². The van der Waals surface area contributed by atoms with Crippen molar-refractivity contribution in [3.63, 3.8) is 0 Å². The average Bonchev–Trinajstić information content (AvgIpc) is 3.60. The summed E-state index contributed by atoms with van der Waals surface area (Å²) in [5.74, 6) is 0. The molecule has 9 aromatic rings. The molecule has 0 unspecified atom stereocenters. The molecule has 10 rings (SSSR count). The molecule has 0 fully saturated rings. The zero-order valence-corrected chi connectivity index (χ0v) is 33.8. The van der Waals surface area contributed by atoms with Crippen LogP contribution < -0.4 is 4.90 Å². The molecular weight excluding hydrogens is 701 g/mol. The maximum absolute atomic E-state index is 2.48. The third kappa shape index (κ3) is 6.30. The Labute approximate surface area is 342 Å². The summed E-state index contributed by atoms with van der Waals surface area (Å²) in [6.45, 7) is 9.64. The van der Waals surface area contributed by atoms with Crippen molar-refractivity contribution in [1.82, 2.24) is 4.57 Å². The van der Waals surface area contributed by atoms with Crippen molar-refractivity contribution >= 4 is 38.9 Å². The summed E-state index contributed by atoms with van der Waals surface area (Å²) < 4.78 is 2.48. The molecule has 0 spiro atoms. The zero-order valence-electron chi connectivity index (χ0n) is 33.8. The van der Waals surface area contributed by atoms with Crippen LogP contribution in [-0.2, 0) is 10.8 Å². The van der Waals surface area contributed by atoms with Gasteiger partial charge in [0.25, 0.3) is 0 Å². The van der Waals surface area contributed by atoms with E-state index in [-0.39, 0.29) is 10.8 Å². The zero-order chi connectivity index (χ0) is 39.4. The van der Waals surface area contributed by atoms with Gasteiger partial charge in [-0.05, 0) is 129 Å². The van der Waals surface area contributed by atoms with Crippen LogP contribution in [0.4, 0.5) is 17.1 Å². The molecule has 0 radical (unpaired) electrons. The fourth-order valence-electron chi connectivity index (χ4n) is 9.26. The first kappa shape index (κ1) is 35.8. The summed E-state index contributed by atoms with van der Waals surface area (Å²) in [6.07, 6.45) is 2.41. The smallest absolute Gasteiger partial charge is 0.0547 e. The van der Waals surface area contributed by atoms with Gasteiger partial charge in [0.2, 0.25) is 0 Å². The molecule has 0 saturated carbocycles. The Morgan fingerprint density at radius 3 is 1.43 bits per heavy atom. The van der Waals surface area contributed by atoms with Crippen LogP contribution in [0.3, 0.4) is 0 Å². The molecule has 0 amide bonds. The number of nitrogens with zero attached hydrogens (tertiary/aromatic N) is 2. The van der Waals surface area contributed by atoms with Gasteiger partial charge in [0.15, 0.2) is 0 Å². The highest BCUT2D eigenvalue weighted by molar-refractivity contribution is 6.10. The Bertz CT molecular complexity index is 2900. The lowest BCUT2D eigenvalue weighted by Crippen LogP contribution is -2.33. The third-order valence-corrected chi connectivity index (χ3v) is 12.7. The van der Waals surface area contributed by atoms with Crippen molar-refractivity contribution in [2.24, 2.45) is 0 Å². The molecule has 58 heavy (non-hydrogen) atoms. The molecule has 1 heterocycles. The lowest BCUT2D eigenvalue weighted by atomic mass is 9.63. The monoisotopic (exact) mass is 748 g/mol. The van der Waals surface area contributed by atoms with E-state index in [1.165, 1.54) is 84.8 Å². The second-order valence-electron chi connectivity index (χ2n) is 17.3. The number of benzene rings is 8. The second kappa shape index (κ2) is 14.1. The Morgan fingerprint density at radius 1 is 0.362 bits per heavy atom. The molecule has 2 heteroatoms. The van der Waals surface area contributed by atoms with Crippen molar-refractivity contribution in [3.05, 3.63) is 205 Å². The molecule has 0 bridgehead atoms. The first-order chi connectivity index (χ1) is 28.2. The SMILES string of the molecule is CC1(C)CCC(C)(C)c2cc(-n3c4ccccc4c4ccc(-c5ccc(-c6ccc(N(c7ccccc7)c7ccc(-c8ccccc8)cc7)cc6)cc5)cc43)ccc21. The van der Waals surface area contributed by atoms with Gasteiger partial charge in [0.1, 0.15) is 0 Å². The van der Waals surface area contributed by atoms with E-state index in [1.807, 2.05) is 0 Å². The van der Waals surface area contributed by atoms with Crippen LogP contribution >= 0.6 is 0 Å². The van der Waals surface area contributed by atoms with Gasteiger partial charge in [-0.3, -0.25) is 0 Å². The van der Waals surface area contributed by atoms with Crippen LogP contribution in [0.25, 0.3) is 60.9 Å². The number of para-hydroxylation sites is 2.